The van der Waals surface area contributed by atoms with E-state index in [4.69, 9.17) is 9.72 Å². The molecule has 2 atom stereocenters. The number of carbonyl (C=O) groups is 5. The number of ether oxygens (including phenoxy) is 1. The van der Waals surface area contributed by atoms with Gasteiger partial charge in [-0.3, -0.25) is 44.1 Å². The van der Waals surface area contributed by atoms with Gasteiger partial charge >= 0.3 is 0 Å². The molecule has 1 saturated carbocycles. The van der Waals surface area contributed by atoms with Gasteiger partial charge in [0.1, 0.15) is 23.7 Å². The Balaban J connectivity index is 0.740. The van der Waals surface area contributed by atoms with Crippen LogP contribution < -0.4 is 25.2 Å². The van der Waals surface area contributed by atoms with Crippen LogP contribution >= 0.6 is 0 Å². The average Bonchev–Trinajstić information content (AvgIpc) is 3.55. The third-order valence-corrected chi connectivity index (χ3v) is 13.6. The van der Waals surface area contributed by atoms with E-state index in [0.717, 1.165) is 112 Å². The number of piperidine rings is 2. The highest BCUT2D eigenvalue weighted by atomic mass is 16.5. The molecule has 5 aliphatic rings. The lowest BCUT2D eigenvalue weighted by atomic mass is 9.92. The van der Waals surface area contributed by atoms with Crippen LogP contribution in [0.2, 0.25) is 0 Å². The number of anilines is 2. The summed E-state index contributed by atoms with van der Waals surface area (Å²) in [4.78, 5) is 83.9. The minimum Gasteiger partial charge on any atom is -0.490 e. The van der Waals surface area contributed by atoms with Crippen LogP contribution in [0.1, 0.15) is 88.0 Å². The van der Waals surface area contributed by atoms with E-state index in [-0.39, 0.29) is 42.5 Å². The zero-order valence-corrected chi connectivity index (χ0v) is 36.4. The summed E-state index contributed by atoms with van der Waals surface area (Å²) < 4.78 is 6.38. The van der Waals surface area contributed by atoms with Crippen molar-refractivity contribution in [1.82, 2.24) is 35.3 Å². The molecule has 5 amide bonds. The summed E-state index contributed by atoms with van der Waals surface area (Å²) in [7, 11) is 4.17. The van der Waals surface area contributed by atoms with E-state index in [1.165, 1.54) is 0 Å². The van der Waals surface area contributed by atoms with E-state index < -0.39 is 29.7 Å². The molecule has 4 fully saturated rings. The number of nitriles is 1. The van der Waals surface area contributed by atoms with Crippen molar-refractivity contribution in [3.8, 4) is 11.8 Å². The molecule has 4 aromatic rings. The minimum atomic E-state index is -0.989. The van der Waals surface area contributed by atoms with Gasteiger partial charge in [-0.1, -0.05) is 0 Å². The zero-order valence-electron chi connectivity index (χ0n) is 36.4. The van der Waals surface area contributed by atoms with E-state index in [0.29, 0.717) is 28.1 Å². The summed E-state index contributed by atoms with van der Waals surface area (Å²) in [5.74, 6) is 0.0281. The van der Waals surface area contributed by atoms with Gasteiger partial charge in [0.25, 0.3) is 17.7 Å². The molecular formula is C48H54N10O6. The molecule has 2 aromatic carbocycles. The Hall–Kier alpha value is -6.44. The number of nitrogens with one attached hydrogen (secondary N) is 2. The SMILES string of the molecule is CN(C)C[C@H]1CN(c2ccc3c(c2)C(=O)N(C2CCC(=O)NC2=O)C3=O)CCN1CC1CCN(c2ccc(C(=O)N[C@H]3CC[C@H](Oc4ccc(C#N)c5ncccc45)CC3)cn2)CC1. The fourth-order valence-electron chi connectivity index (χ4n) is 10.1. The van der Waals surface area contributed by atoms with Gasteiger partial charge in [-0.05, 0) is 120 Å². The largest absolute Gasteiger partial charge is 0.490 e. The number of hydrogen-bond donors (Lipinski definition) is 2. The number of piperazine rings is 1. The van der Waals surface area contributed by atoms with Crippen molar-refractivity contribution in [2.75, 3.05) is 69.7 Å². The number of hydrogen-bond acceptors (Lipinski definition) is 13. The third-order valence-electron chi connectivity index (χ3n) is 13.6. The Morgan fingerprint density at radius 3 is 2.42 bits per heavy atom. The topological polar surface area (TPSA) is 184 Å². The molecule has 0 spiro atoms. The Kier molecular flexibility index (Phi) is 12.3. The summed E-state index contributed by atoms with van der Waals surface area (Å²) >= 11 is 0. The molecule has 1 aliphatic carbocycles. The Labute approximate surface area is 372 Å². The number of rotatable bonds is 11. The fraction of sp³-hybridized carbons (Fsp3) is 0.458. The summed E-state index contributed by atoms with van der Waals surface area (Å²) in [6.45, 7) is 6.04. The lowest BCUT2D eigenvalue weighted by Crippen LogP contribution is -2.58. The number of aromatic nitrogens is 2. The fourth-order valence-corrected chi connectivity index (χ4v) is 10.1. The van der Waals surface area contributed by atoms with E-state index in [2.05, 4.69) is 55.4 Å². The normalized spacial score (nSPS) is 23.3. The second-order valence-electron chi connectivity index (χ2n) is 18.1. The molecule has 64 heavy (non-hydrogen) atoms. The molecule has 4 aliphatic heterocycles. The van der Waals surface area contributed by atoms with Crippen LogP contribution in [0.3, 0.4) is 0 Å². The molecule has 0 radical (unpaired) electrons. The van der Waals surface area contributed by atoms with Crippen LogP contribution in [0, 0.1) is 17.2 Å². The number of fused-ring (bicyclic) bond motifs is 2. The maximum absolute atomic E-state index is 13.5. The standard InChI is InChI=1S/C48H54N10O6/c1-54(2)28-35-29-57(34-9-12-37-39(24-34)48(63)58(47(37)62)40-13-16-43(59)53-46(40)61)23-22-56(35)27-30-17-20-55(21-18-30)42-15-6-32(26-51-42)45(60)52-33-7-10-36(11-8-33)64-41-14-5-31(25-49)44-38(41)4-3-19-50-44/h3-6,9,12,14-15,19,24,26,30,33,35-36,40H,7-8,10-11,13,16-18,20-23,27-29H2,1-2H3,(H,52,60)(H,53,59,61)/t33-,35-,36-,40?/m0/s1. The van der Waals surface area contributed by atoms with Crippen molar-refractivity contribution >= 4 is 51.9 Å². The van der Waals surface area contributed by atoms with E-state index in [1.807, 2.05) is 36.4 Å². The molecule has 2 aromatic heterocycles. The van der Waals surface area contributed by atoms with Crippen molar-refractivity contribution in [1.29, 1.82) is 5.26 Å². The monoisotopic (exact) mass is 866 g/mol. The molecule has 332 valence electrons. The summed E-state index contributed by atoms with van der Waals surface area (Å²) in [5, 5.41) is 15.8. The smallest absolute Gasteiger partial charge is 0.262 e. The van der Waals surface area contributed by atoms with Gasteiger partial charge in [-0.15, -0.1) is 0 Å². The van der Waals surface area contributed by atoms with E-state index >= 15 is 0 Å². The first-order chi connectivity index (χ1) is 31.0. The lowest BCUT2D eigenvalue weighted by Gasteiger charge is -2.45. The second-order valence-corrected chi connectivity index (χ2v) is 18.1. The van der Waals surface area contributed by atoms with Crippen molar-refractivity contribution in [3.05, 3.63) is 89.2 Å². The minimum absolute atomic E-state index is 0.0217. The quantitative estimate of drug-likeness (QED) is 0.207. The molecule has 3 saturated heterocycles. The molecule has 2 N–H and O–H groups in total. The van der Waals surface area contributed by atoms with Gasteiger partial charge in [0, 0.05) is 87.8 Å². The molecule has 0 bridgehead atoms. The maximum Gasteiger partial charge on any atom is 0.262 e. The van der Waals surface area contributed by atoms with E-state index in [1.54, 1.807) is 30.6 Å². The molecule has 16 nitrogen and oxygen atoms in total. The third kappa shape index (κ3) is 8.87. The predicted octanol–water partition coefficient (Wildman–Crippen LogP) is 3.99. The van der Waals surface area contributed by atoms with Crippen molar-refractivity contribution < 1.29 is 28.7 Å². The first-order valence-corrected chi connectivity index (χ1v) is 22.5. The maximum atomic E-state index is 13.5. The van der Waals surface area contributed by atoms with Crippen LogP contribution in [0.15, 0.2) is 67.0 Å². The number of pyridine rings is 2. The average molecular weight is 867 g/mol. The van der Waals surface area contributed by atoms with Gasteiger partial charge in [0.15, 0.2) is 0 Å². The van der Waals surface area contributed by atoms with Crippen LogP contribution in [0.4, 0.5) is 11.5 Å². The number of nitrogens with zero attached hydrogens (tertiary/aromatic N) is 8. The zero-order chi connectivity index (χ0) is 44.5. The molecule has 6 heterocycles. The molecule has 16 heteroatoms. The number of amides is 5. The van der Waals surface area contributed by atoms with Crippen LogP contribution in [0.25, 0.3) is 10.9 Å². The Bertz CT molecular complexity index is 2490. The van der Waals surface area contributed by atoms with Gasteiger partial charge in [0.2, 0.25) is 11.8 Å². The Morgan fingerprint density at radius 1 is 0.891 bits per heavy atom. The number of benzene rings is 2. The number of likely N-dealkylation sites (N-methyl/N-ethyl adjacent to an activating group) is 1. The summed E-state index contributed by atoms with van der Waals surface area (Å²) in [6.07, 6.45) is 8.91. The van der Waals surface area contributed by atoms with Gasteiger partial charge in [-0.2, -0.15) is 5.26 Å². The van der Waals surface area contributed by atoms with Crippen LogP contribution in [-0.2, 0) is 9.59 Å². The number of imide groups is 2. The van der Waals surface area contributed by atoms with E-state index in [9.17, 15) is 29.2 Å². The second kappa shape index (κ2) is 18.3. The molecule has 1 unspecified atom stereocenters. The van der Waals surface area contributed by atoms with Crippen LogP contribution in [0.5, 0.6) is 5.75 Å². The molecular weight excluding hydrogens is 813 g/mol. The van der Waals surface area contributed by atoms with Crippen molar-refractivity contribution in [2.45, 2.75) is 75.6 Å². The van der Waals surface area contributed by atoms with Gasteiger partial charge in [0.05, 0.1) is 33.9 Å². The highest BCUT2D eigenvalue weighted by Gasteiger charge is 2.45. The lowest BCUT2D eigenvalue weighted by molar-refractivity contribution is -0.136. The van der Waals surface area contributed by atoms with Crippen LogP contribution in [-0.4, -0.2) is 138 Å². The highest BCUT2D eigenvalue weighted by molar-refractivity contribution is 6.23. The first kappa shape index (κ1) is 42.8. The van der Waals surface area contributed by atoms with Gasteiger partial charge in [-0.25, -0.2) is 4.98 Å². The van der Waals surface area contributed by atoms with Crippen molar-refractivity contribution in [3.63, 3.8) is 0 Å². The molecule has 9 rings (SSSR count). The highest BCUT2D eigenvalue weighted by Crippen LogP contribution is 2.34. The predicted molar refractivity (Wildman–Crippen MR) is 239 cm³/mol. The first-order valence-electron chi connectivity index (χ1n) is 22.5. The summed E-state index contributed by atoms with van der Waals surface area (Å²) in [5.41, 5.74) is 3.18. The summed E-state index contributed by atoms with van der Waals surface area (Å²) in [6, 6.07) is 18.1. The van der Waals surface area contributed by atoms with Crippen molar-refractivity contribution in [2.24, 2.45) is 5.92 Å². The number of carbonyl (C=O) groups excluding carboxylic acids is 5. The Morgan fingerprint density at radius 2 is 1.69 bits per heavy atom. The van der Waals surface area contributed by atoms with Gasteiger partial charge < -0.3 is 24.8 Å².